The molecule has 154 valence electrons. The van der Waals surface area contributed by atoms with Crippen LogP contribution in [0.4, 0.5) is 5.69 Å². The van der Waals surface area contributed by atoms with Crippen LogP contribution in [-0.4, -0.2) is 24.0 Å². The second kappa shape index (κ2) is 8.76. The average molecular weight is 451 g/mol. The number of carbonyl (C=O) groups excluding carboxylic acids is 2. The summed E-state index contributed by atoms with van der Waals surface area (Å²) >= 11 is 12.2. The van der Waals surface area contributed by atoms with Crippen LogP contribution in [0.25, 0.3) is 22.2 Å². The van der Waals surface area contributed by atoms with Crippen molar-refractivity contribution in [3.8, 4) is 11.3 Å². The topological polar surface area (TPSA) is 68.3 Å². The molecule has 0 spiro atoms. The number of carbonyl (C=O) groups is 2. The van der Waals surface area contributed by atoms with E-state index >= 15 is 0 Å². The lowest BCUT2D eigenvalue weighted by Gasteiger charge is -2.11. The predicted molar refractivity (Wildman–Crippen MR) is 123 cm³/mol. The second-order valence-electron chi connectivity index (χ2n) is 6.72. The third-order valence-electron chi connectivity index (χ3n) is 4.74. The summed E-state index contributed by atoms with van der Waals surface area (Å²) in [5.41, 5.74) is 3.44. The minimum Gasteiger partial charge on any atom is -0.465 e. The van der Waals surface area contributed by atoms with E-state index in [0.717, 1.165) is 10.9 Å². The van der Waals surface area contributed by atoms with Crippen molar-refractivity contribution >= 4 is 51.7 Å². The van der Waals surface area contributed by atoms with Gasteiger partial charge in [-0.1, -0.05) is 47.5 Å². The summed E-state index contributed by atoms with van der Waals surface area (Å²) < 4.78 is 4.69. The van der Waals surface area contributed by atoms with Gasteiger partial charge in [0.05, 0.1) is 39.5 Å². The van der Waals surface area contributed by atoms with Crippen LogP contribution in [0.3, 0.4) is 0 Å². The van der Waals surface area contributed by atoms with Crippen molar-refractivity contribution in [1.82, 2.24) is 4.98 Å². The molecule has 0 radical (unpaired) electrons. The fourth-order valence-electron chi connectivity index (χ4n) is 3.17. The number of nitrogens with one attached hydrogen (secondary N) is 1. The molecule has 7 heteroatoms. The molecule has 0 aliphatic heterocycles. The first kappa shape index (κ1) is 20.8. The Hall–Kier alpha value is -3.41. The number of pyridine rings is 1. The van der Waals surface area contributed by atoms with E-state index in [-0.39, 0.29) is 5.91 Å². The van der Waals surface area contributed by atoms with E-state index in [1.807, 2.05) is 24.3 Å². The van der Waals surface area contributed by atoms with E-state index in [9.17, 15) is 9.59 Å². The highest BCUT2D eigenvalue weighted by atomic mass is 35.5. The highest BCUT2D eigenvalue weighted by Gasteiger charge is 2.15. The Balaban J connectivity index is 1.72. The Kier molecular flexibility index (Phi) is 5.89. The van der Waals surface area contributed by atoms with E-state index in [1.54, 1.807) is 48.5 Å². The minimum atomic E-state index is -0.440. The summed E-state index contributed by atoms with van der Waals surface area (Å²) in [5, 5.41) is 4.44. The van der Waals surface area contributed by atoms with Crippen LogP contribution in [0.1, 0.15) is 20.7 Å². The number of amides is 1. The number of rotatable bonds is 4. The molecule has 0 fully saturated rings. The lowest BCUT2D eigenvalue weighted by atomic mass is 10.0. The number of hydrogen-bond acceptors (Lipinski definition) is 4. The van der Waals surface area contributed by atoms with Crippen LogP contribution in [0, 0.1) is 0 Å². The molecular formula is C24H16Cl2N2O3. The van der Waals surface area contributed by atoms with E-state index in [0.29, 0.717) is 38.1 Å². The lowest BCUT2D eigenvalue weighted by molar-refractivity contribution is 0.0600. The molecule has 3 aromatic carbocycles. The molecular weight excluding hydrogens is 435 g/mol. The van der Waals surface area contributed by atoms with Crippen LogP contribution in [0.2, 0.25) is 10.0 Å². The highest BCUT2D eigenvalue weighted by molar-refractivity contribution is 6.42. The fourth-order valence-corrected chi connectivity index (χ4v) is 3.47. The third-order valence-corrected chi connectivity index (χ3v) is 5.48. The van der Waals surface area contributed by atoms with Gasteiger partial charge in [-0.25, -0.2) is 9.78 Å². The number of nitrogens with zero attached hydrogens (tertiary/aromatic N) is 1. The number of benzene rings is 3. The molecule has 1 amide bonds. The Bertz CT molecular complexity index is 1300. The Labute approximate surface area is 188 Å². The molecule has 0 saturated heterocycles. The number of methoxy groups -OCH3 is 1. The number of ether oxygens (including phenoxy) is 1. The van der Waals surface area contributed by atoms with Gasteiger partial charge in [0.1, 0.15) is 0 Å². The van der Waals surface area contributed by atoms with Crippen LogP contribution >= 0.6 is 23.2 Å². The molecule has 4 rings (SSSR count). The van der Waals surface area contributed by atoms with Gasteiger partial charge in [-0.2, -0.15) is 0 Å². The fraction of sp³-hybridized carbons (Fsp3) is 0.0417. The predicted octanol–water partition coefficient (Wildman–Crippen LogP) is 6.25. The Morgan fingerprint density at radius 3 is 2.35 bits per heavy atom. The number of anilines is 1. The molecule has 0 unspecified atom stereocenters. The number of aromatic nitrogens is 1. The first-order valence-electron chi connectivity index (χ1n) is 9.31. The molecule has 0 aliphatic rings. The maximum Gasteiger partial charge on any atom is 0.337 e. The van der Waals surface area contributed by atoms with Gasteiger partial charge in [-0.15, -0.1) is 0 Å². The molecule has 1 aromatic heterocycles. The van der Waals surface area contributed by atoms with Crippen molar-refractivity contribution in [3.05, 3.63) is 94.0 Å². The van der Waals surface area contributed by atoms with Crippen LogP contribution in [0.15, 0.2) is 72.8 Å². The number of fused-ring (bicyclic) bond motifs is 1. The maximum absolute atomic E-state index is 13.1. The molecule has 4 aromatic rings. The van der Waals surface area contributed by atoms with Crippen molar-refractivity contribution in [2.24, 2.45) is 0 Å². The summed E-state index contributed by atoms with van der Waals surface area (Å²) in [5.74, 6) is -0.741. The molecule has 31 heavy (non-hydrogen) atoms. The molecule has 0 atom stereocenters. The van der Waals surface area contributed by atoms with Crippen LogP contribution in [0.5, 0.6) is 0 Å². The standard InChI is InChI=1S/C24H16Cl2N2O3/c1-31-24(30)14-6-9-16(10-7-14)27-23(29)18-13-22(15-8-11-19(25)20(26)12-15)28-21-5-3-2-4-17(18)21/h2-13H,1H3,(H,27,29). The van der Waals surface area contributed by atoms with Crippen molar-refractivity contribution < 1.29 is 14.3 Å². The SMILES string of the molecule is COC(=O)c1ccc(NC(=O)c2cc(-c3ccc(Cl)c(Cl)c3)nc3ccccc23)cc1. The molecule has 0 saturated carbocycles. The first-order valence-corrected chi connectivity index (χ1v) is 10.1. The van der Waals surface area contributed by atoms with Crippen LogP contribution in [-0.2, 0) is 4.74 Å². The van der Waals surface area contributed by atoms with Gasteiger partial charge < -0.3 is 10.1 Å². The van der Waals surface area contributed by atoms with E-state index < -0.39 is 5.97 Å². The number of esters is 1. The summed E-state index contributed by atoms with van der Waals surface area (Å²) in [6.45, 7) is 0. The maximum atomic E-state index is 13.1. The zero-order valence-corrected chi connectivity index (χ0v) is 17.9. The monoisotopic (exact) mass is 450 g/mol. The smallest absolute Gasteiger partial charge is 0.337 e. The number of hydrogen-bond donors (Lipinski definition) is 1. The zero-order chi connectivity index (χ0) is 22.0. The zero-order valence-electron chi connectivity index (χ0n) is 16.4. The van der Waals surface area contributed by atoms with E-state index in [4.69, 9.17) is 27.9 Å². The Morgan fingerprint density at radius 2 is 1.65 bits per heavy atom. The lowest BCUT2D eigenvalue weighted by Crippen LogP contribution is -2.13. The number of para-hydroxylation sites is 1. The van der Waals surface area contributed by atoms with Gasteiger partial charge in [0.15, 0.2) is 0 Å². The van der Waals surface area contributed by atoms with Gasteiger partial charge in [-0.3, -0.25) is 4.79 Å². The first-order chi connectivity index (χ1) is 15.0. The van der Waals surface area contributed by atoms with Crippen LogP contribution < -0.4 is 5.32 Å². The van der Waals surface area contributed by atoms with Gasteiger partial charge in [-0.05, 0) is 48.5 Å². The summed E-state index contributed by atoms with van der Waals surface area (Å²) in [6.07, 6.45) is 0. The molecule has 1 heterocycles. The quantitative estimate of drug-likeness (QED) is 0.373. The minimum absolute atomic E-state index is 0.300. The Morgan fingerprint density at radius 1 is 0.903 bits per heavy atom. The van der Waals surface area contributed by atoms with Gasteiger partial charge >= 0.3 is 5.97 Å². The van der Waals surface area contributed by atoms with Crippen molar-refractivity contribution in [3.63, 3.8) is 0 Å². The van der Waals surface area contributed by atoms with Crippen molar-refractivity contribution in [1.29, 1.82) is 0 Å². The van der Waals surface area contributed by atoms with Gasteiger partial charge in [0.25, 0.3) is 5.91 Å². The highest BCUT2D eigenvalue weighted by Crippen LogP contribution is 2.30. The normalized spacial score (nSPS) is 10.7. The van der Waals surface area contributed by atoms with E-state index in [1.165, 1.54) is 7.11 Å². The largest absolute Gasteiger partial charge is 0.465 e. The van der Waals surface area contributed by atoms with Crippen molar-refractivity contribution in [2.75, 3.05) is 12.4 Å². The van der Waals surface area contributed by atoms with Gasteiger partial charge in [0, 0.05) is 16.6 Å². The summed E-state index contributed by atoms with van der Waals surface area (Å²) in [6, 6.07) is 20.8. The van der Waals surface area contributed by atoms with Crippen molar-refractivity contribution in [2.45, 2.75) is 0 Å². The van der Waals surface area contributed by atoms with E-state index in [2.05, 4.69) is 10.3 Å². The molecule has 0 aliphatic carbocycles. The third kappa shape index (κ3) is 4.38. The second-order valence-corrected chi connectivity index (χ2v) is 7.54. The summed E-state index contributed by atoms with van der Waals surface area (Å²) in [4.78, 5) is 29.4. The molecule has 0 bridgehead atoms. The average Bonchev–Trinajstić information content (AvgIpc) is 2.80. The number of halogens is 2. The molecule has 5 nitrogen and oxygen atoms in total. The summed E-state index contributed by atoms with van der Waals surface area (Å²) in [7, 11) is 1.32. The van der Waals surface area contributed by atoms with Gasteiger partial charge in [0.2, 0.25) is 0 Å². The molecule has 1 N–H and O–H groups in total.